The Hall–Kier alpha value is -2.88. The molecule has 0 aliphatic rings. The molecule has 0 bridgehead atoms. The topological polar surface area (TPSA) is 124 Å². The van der Waals surface area contributed by atoms with Crippen molar-refractivity contribution in [3.63, 3.8) is 0 Å². The largest absolute Gasteiger partial charge is 0.493 e. The van der Waals surface area contributed by atoms with E-state index in [1.54, 1.807) is 41.5 Å². The molecule has 1 N–H and O–H groups in total. The molecule has 0 aliphatic heterocycles. The van der Waals surface area contributed by atoms with Gasteiger partial charge in [0.25, 0.3) is 0 Å². The maximum Gasteiger partial charge on any atom is 0.425 e. The van der Waals surface area contributed by atoms with Crippen LogP contribution in [0.3, 0.4) is 0 Å². The molecule has 180 valence electrons. The third-order valence-electron chi connectivity index (χ3n) is 4.12. The van der Waals surface area contributed by atoms with Crippen molar-refractivity contribution in [1.82, 2.24) is 4.98 Å². The van der Waals surface area contributed by atoms with Gasteiger partial charge >= 0.3 is 18.2 Å². The van der Waals surface area contributed by atoms with Crippen LogP contribution in [-0.4, -0.2) is 53.7 Å². The summed E-state index contributed by atoms with van der Waals surface area (Å²) in [7, 11) is 2.54. The fraction of sp³-hybridized carbons (Fsp3) is 0.636. The summed E-state index contributed by atoms with van der Waals surface area (Å²) in [5.74, 6) is -0.873. The highest BCUT2D eigenvalue weighted by molar-refractivity contribution is 6.09. The van der Waals surface area contributed by atoms with Gasteiger partial charge < -0.3 is 24.1 Å². The normalized spacial score (nSPS) is 13.1. The first-order chi connectivity index (χ1) is 14.4. The minimum absolute atomic E-state index is 0.00770. The molecule has 1 heterocycles. The molecule has 1 aromatic heterocycles. The van der Waals surface area contributed by atoms with Gasteiger partial charge in [-0.15, -0.1) is 0 Å². The Balaban J connectivity index is 3.63. The van der Waals surface area contributed by atoms with E-state index >= 15 is 0 Å². The molecule has 0 saturated carbocycles. The van der Waals surface area contributed by atoms with E-state index in [-0.39, 0.29) is 17.3 Å². The molecule has 0 saturated heterocycles. The summed E-state index contributed by atoms with van der Waals surface area (Å²) in [6, 6.07) is 2.83. The highest BCUT2D eigenvalue weighted by Gasteiger charge is 2.41. The summed E-state index contributed by atoms with van der Waals surface area (Å²) in [6.45, 7) is 12.8. The zero-order valence-electron chi connectivity index (χ0n) is 20.4. The van der Waals surface area contributed by atoms with Crippen molar-refractivity contribution in [1.29, 1.82) is 0 Å². The Kier molecular flexibility index (Phi) is 8.25. The fourth-order valence-corrected chi connectivity index (χ4v) is 2.53. The summed E-state index contributed by atoms with van der Waals surface area (Å²) in [6.07, 6.45) is -3.51. The molecule has 1 rings (SSSR count). The third kappa shape index (κ3) is 6.81. The summed E-state index contributed by atoms with van der Waals surface area (Å²) >= 11 is 0. The van der Waals surface area contributed by atoms with Crippen molar-refractivity contribution in [2.45, 2.75) is 72.7 Å². The molecule has 1 aromatic rings. The highest BCUT2D eigenvalue weighted by atomic mass is 16.6. The zero-order chi connectivity index (χ0) is 25.1. The first-order valence-electron chi connectivity index (χ1n) is 10.0. The molecule has 32 heavy (non-hydrogen) atoms. The number of aliphatic hydroxyl groups is 1. The fourth-order valence-electron chi connectivity index (χ4n) is 2.53. The van der Waals surface area contributed by atoms with Crippen LogP contribution < -0.4 is 9.64 Å². The molecular formula is C22H34N2O8. The lowest BCUT2D eigenvalue weighted by atomic mass is 9.84. The van der Waals surface area contributed by atoms with E-state index in [1.807, 2.05) is 0 Å². The standard InChI is InChI=1S/C22H34N2O8/c1-20(2,3)31-18(27)24(19(28)32-21(4,5)6)16-14(29-9)12-11-13(23-16)15(25)22(7,8)17(26)30-10/h11-12,15,25H,1-10H3. The maximum atomic E-state index is 13.0. The van der Waals surface area contributed by atoms with Gasteiger partial charge in [-0.2, -0.15) is 4.90 Å². The van der Waals surface area contributed by atoms with Crippen LogP contribution in [0, 0.1) is 5.41 Å². The second-order valence-electron chi connectivity index (χ2n) is 9.67. The second kappa shape index (κ2) is 9.72. The number of carbonyl (C=O) groups is 3. The van der Waals surface area contributed by atoms with Crippen molar-refractivity contribution in [3.05, 3.63) is 17.8 Å². The van der Waals surface area contributed by atoms with Crippen molar-refractivity contribution in [2.75, 3.05) is 19.1 Å². The minimum atomic E-state index is -1.42. The van der Waals surface area contributed by atoms with Crippen LogP contribution in [0.25, 0.3) is 0 Å². The first kappa shape index (κ1) is 27.2. The minimum Gasteiger partial charge on any atom is -0.493 e. The Morgan fingerprint density at radius 1 is 0.906 bits per heavy atom. The van der Waals surface area contributed by atoms with Crippen molar-refractivity contribution < 1.29 is 38.4 Å². The van der Waals surface area contributed by atoms with E-state index in [9.17, 15) is 19.5 Å². The van der Waals surface area contributed by atoms with Crippen molar-refractivity contribution >= 4 is 24.0 Å². The van der Waals surface area contributed by atoms with Crippen LogP contribution in [0.5, 0.6) is 5.75 Å². The predicted octanol–water partition coefficient (Wildman–Crippen LogP) is 4.00. The second-order valence-corrected chi connectivity index (χ2v) is 9.67. The summed E-state index contributed by atoms with van der Waals surface area (Å²) in [5, 5.41) is 10.8. The number of imide groups is 1. The van der Waals surface area contributed by atoms with Crippen LogP contribution in [0.2, 0.25) is 0 Å². The quantitative estimate of drug-likeness (QED) is 0.519. The molecule has 10 heteroatoms. The molecule has 0 aliphatic carbocycles. The number of nitrogens with zero attached hydrogens (tertiary/aromatic N) is 2. The van der Waals surface area contributed by atoms with Gasteiger partial charge in [0.2, 0.25) is 0 Å². The monoisotopic (exact) mass is 454 g/mol. The van der Waals surface area contributed by atoms with Crippen LogP contribution in [0.4, 0.5) is 15.4 Å². The van der Waals surface area contributed by atoms with E-state index in [4.69, 9.17) is 18.9 Å². The predicted molar refractivity (Wildman–Crippen MR) is 116 cm³/mol. The van der Waals surface area contributed by atoms with Gasteiger partial charge in [-0.25, -0.2) is 14.6 Å². The number of esters is 1. The number of hydrogen-bond donors (Lipinski definition) is 1. The third-order valence-corrected chi connectivity index (χ3v) is 4.12. The molecule has 1 atom stereocenters. The van der Waals surface area contributed by atoms with Crippen molar-refractivity contribution in [3.8, 4) is 5.75 Å². The van der Waals surface area contributed by atoms with E-state index in [2.05, 4.69) is 4.98 Å². The molecular weight excluding hydrogens is 420 g/mol. The Labute approximate surface area is 188 Å². The van der Waals surface area contributed by atoms with Gasteiger partial charge in [0, 0.05) is 0 Å². The number of carbonyl (C=O) groups excluding carboxylic acids is 3. The SMILES string of the molecule is COC(=O)C(C)(C)C(O)c1ccc(OC)c(N(C(=O)OC(C)(C)C)C(=O)OC(C)(C)C)n1. The van der Waals surface area contributed by atoms with Gasteiger partial charge in [-0.1, -0.05) is 0 Å². The Morgan fingerprint density at radius 2 is 1.38 bits per heavy atom. The Morgan fingerprint density at radius 3 is 1.75 bits per heavy atom. The van der Waals surface area contributed by atoms with Gasteiger partial charge in [0.05, 0.1) is 25.3 Å². The average molecular weight is 455 g/mol. The van der Waals surface area contributed by atoms with Crippen LogP contribution in [-0.2, 0) is 19.0 Å². The van der Waals surface area contributed by atoms with Crippen LogP contribution in [0.1, 0.15) is 67.2 Å². The number of aromatic nitrogens is 1. The molecule has 0 radical (unpaired) electrons. The van der Waals surface area contributed by atoms with E-state index in [1.165, 1.54) is 40.2 Å². The average Bonchev–Trinajstić information content (AvgIpc) is 2.63. The molecule has 0 fully saturated rings. The van der Waals surface area contributed by atoms with Crippen LogP contribution >= 0.6 is 0 Å². The molecule has 0 aromatic carbocycles. The Bertz CT molecular complexity index is 824. The maximum absolute atomic E-state index is 13.0. The lowest BCUT2D eigenvalue weighted by molar-refractivity contribution is -0.157. The molecule has 1 unspecified atom stereocenters. The van der Waals surface area contributed by atoms with E-state index in [0.717, 1.165) is 0 Å². The van der Waals surface area contributed by atoms with Crippen LogP contribution in [0.15, 0.2) is 12.1 Å². The number of amides is 2. The van der Waals surface area contributed by atoms with Gasteiger partial charge in [0.1, 0.15) is 17.3 Å². The number of rotatable bonds is 5. The number of hydrogen-bond acceptors (Lipinski definition) is 9. The number of aliphatic hydroxyl groups excluding tert-OH is 1. The summed E-state index contributed by atoms with van der Waals surface area (Å²) in [5.41, 5.74) is -3.20. The van der Waals surface area contributed by atoms with Gasteiger partial charge in [0.15, 0.2) is 11.6 Å². The van der Waals surface area contributed by atoms with Gasteiger partial charge in [-0.05, 0) is 67.5 Å². The number of ether oxygens (including phenoxy) is 4. The summed E-state index contributed by atoms with van der Waals surface area (Å²) in [4.78, 5) is 42.9. The van der Waals surface area contributed by atoms with E-state index < -0.39 is 40.9 Å². The number of anilines is 1. The molecule has 2 amide bonds. The van der Waals surface area contributed by atoms with Gasteiger partial charge in [-0.3, -0.25) is 4.79 Å². The molecule has 0 spiro atoms. The lowest BCUT2D eigenvalue weighted by Crippen LogP contribution is -2.44. The number of methoxy groups -OCH3 is 2. The molecule has 10 nitrogen and oxygen atoms in total. The smallest absolute Gasteiger partial charge is 0.425 e. The number of pyridine rings is 1. The first-order valence-corrected chi connectivity index (χ1v) is 10.0. The lowest BCUT2D eigenvalue weighted by Gasteiger charge is -2.30. The van der Waals surface area contributed by atoms with Crippen molar-refractivity contribution in [2.24, 2.45) is 5.41 Å². The van der Waals surface area contributed by atoms with E-state index in [0.29, 0.717) is 4.90 Å². The summed E-state index contributed by atoms with van der Waals surface area (Å²) < 4.78 is 20.8. The highest BCUT2D eigenvalue weighted by Crippen LogP contribution is 2.37. The zero-order valence-corrected chi connectivity index (χ0v) is 20.4.